The Bertz CT molecular complexity index is 309. The molecular weight excluding hydrogens is 184 g/mol. The highest BCUT2D eigenvalue weighted by molar-refractivity contribution is 8.09. The van der Waals surface area contributed by atoms with Gasteiger partial charge in [0.25, 0.3) is 0 Å². The minimum atomic E-state index is 0.780. The molecule has 0 amide bonds. The number of hydrogen-bond donors (Lipinski definition) is 0. The van der Waals surface area contributed by atoms with Crippen molar-refractivity contribution in [1.29, 1.82) is 0 Å². The second kappa shape index (κ2) is 3.27. The lowest BCUT2D eigenvalue weighted by Crippen LogP contribution is -1.83. The molecule has 0 spiro atoms. The van der Waals surface area contributed by atoms with E-state index >= 15 is 0 Å². The minimum absolute atomic E-state index is 0.780. The van der Waals surface area contributed by atoms with Gasteiger partial charge in [-0.05, 0) is 25.5 Å². The van der Waals surface area contributed by atoms with Gasteiger partial charge in [0.2, 0.25) is 0 Å². The van der Waals surface area contributed by atoms with E-state index in [2.05, 4.69) is 32.1 Å². The van der Waals surface area contributed by atoms with E-state index in [-0.39, 0.29) is 0 Å². The van der Waals surface area contributed by atoms with Crippen molar-refractivity contribution in [2.24, 2.45) is 0 Å². The first-order valence-electron chi connectivity index (χ1n) is 4.19. The van der Waals surface area contributed by atoms with Crippen LogP contribution in [-0.4, -0.2) is 5.25 Å². The Labute approximate surface area is 81.7 Å². The minimum Gasteiger partial charge on any atom is -0.140 e. The first-order valence-corrected chi connectivity index (χ1v) is 5.89. The van der Waals surface area contributed by atoms with E-state index in [0.717, 1.165) is 5.25 Å². The summed E-state index contributed by atoms with van der Waals surface area (Å²) in [4.78, 5) is 4.34. The normalized spacial score (nSPS) is 22.8. The van der Waals surface area contributed by atoms with Gasteiger partial charge < -0.3 is 0 Å². The predicted molar refractivity (Wildman–Crippen MR) is 58.7 cm³/mol. The zero-order valence-corrected chi connectivity index (χ0v) is 8.97. The molecule has 1 aromatic rings. The summed E-state index contributed by atoms with van der Waals surface area (Å²) in [5, 5.41) is 0.780. The summed E-state index contributed by atoms with van der Waals surface area (Å²) in [5.41, 5.74) is 0. The van der Waals surface area contributed by atoms with Gasteiger partial charge in [-0.2, -0.15) is 0 Å². The summed E-state index contributed by atoms with van der Waals surface area (Å²) in [6.45, 7) is 4.45. The Balaban J connectivity index is 2.21. The number of rotatable bonds is 1. The van der Waals surface area contributed by atoms with Gasteiger partial charge in [-0.1, -0.05) is 13.0 Å². The summed E-state index contributed by atoms with van der Waals surface area (Å²) < 4.78 is 0. The predicted octanol–water partition coefficient (Wildman–Crippen LogP) is 3.92. The lowest BCUT2D eigenvalue weighted by Gasteiger charge is -1.99. The SMILES string of the molecule is Cc1ccc(C2=CCC(C)S2)s1. The molecule has 1 aliphatic heterocycles. The second-order valence-corrected chi connectivity index (χ2v) is 5.91. The third-order valence-corrected chi connectivity index (χ3v) is 4.35. The van der Waals surface area contributed by atoms with Crippen molar-refractivity contribution < 1.29 is 0 Å². The van der Waals surface area contributed by atoms with Crippen molar-refractivity contribution in [3.63, 3.8) is 0 Å². The van der Waals surface area contributed by atoms with Gasteiger partial charge in [0.15, 0.2) is 0 Å². The molecule has 0 aromatic carbocycles. The summed E-state index contributed by atoms with van der Waals surface area (Å²) >= 11 is 3.90. The largest absolute Gasteiger partial charge is 0.140 e. The molecule has 0 nitrogen and oxygen atoms in total. The van der Waals surface area contributed by atoms with Crippen molar-refractivity contribution in [2.45, 2.75) is 25.5 Å². The van der Waals surface area contributed by atoms with Crippen molar-refractivity contribution >= 4 is 28.0 Å². The van der Waals surface area contributed by atoms with Gasteiger partial charge in [0, 0.05) is 19.9 Å². The first-order chi connectivity index (χ1) is 5.75. The molecule has 64 valence electrons. The Morgan fingerprint density at radius 2 is 2.25 bits per heavy atom. The maximum atomic E-state index is 2.36. The third-order valence-electron chi connectivity index (χ3n) is 1.95. The van der Waals surface area contributed by atoms with E-state index in [4.69, 9.17) is 0 Å². The molecule has 1 aromatic heterocycles. The van der Waals surface area contributed by atoms with Gasteiger partial charge in [0.05, 0.1) is 0 Å². The average molecular weight is 196 g/mol. The molecule has 2 heteroatoms. The van der Waals surface area contributed by atoms with Crippen LogP contribution in [0.5, 0.6) is 0 Å². The molecule has 2 heterocycles. The van der Waals surface area contributed by atoms with E-state index < -0.39 is 0 Å². The fourth-order valence-corrected chi connectivity index (χ4v) is 3.39. The molecule has 0 bridgehead atoms. The first kappa shape index (κ1) is 8.39. The van der Waals surface area contributed by atoms with Gasteiger partial charge >= 0.3 is 0 Å². The van der Waals surface area contributed by atoms with Crippen LogP contribution in [0, 0.1) is 6.92 Å². The molecule has 0 fully saturated rings. The van der Waals surface area contributed by atoms with Crippen LogP contribution in [-0.2, 0) is 0 Å². The Morgan fingerprint density at radius 3 is 2.75 bits per heavy atom. The van der Waals surface area contributed by atoms with Crippen LogP contribution in [0.15, 0.2) is 18.2 Å². The number of thiophene rings is 1. The highest BCUT2D eigenvalue weighted by Crippen LogP contribution is 2.41. The molecular formula is C10H12S2. The summed E-state index contributed by atoms with van der Waals surface area (Å²) in [6.07, 6.45) is 3.59. The van der Waals surface area contributed by atoms with Crippen LogP contribution in [0.1, 0.15) is 23.1 Å². The molecule has 1 unspecified atom stereocenters. The van der Waals surface area contributed by atoms with Crippen LogP contribution >= 0.6 is 23.1 Å². The number of aryl methyl sites for hydroxylation is 1. The fourth-order valence-electron chi connectivity index (χ4n) is 1.31. The Hall–Kier alpha value is -0.210. The summed E-state index contributed by atoms with van der Waals surface area (Å²) in [5.74, 6) is 0. The maximum Gasteiger partial charge on any atom is 0.0405 e. The van der Waals surface area contributed by atoms with E-state index in [1.165, 1.54) is 21.1 Å². The number of thioether (sulfide) groups is 1. The molecule has 2 rings (SSSR count). The molecule has 0 N–H and O–H groups in total. The highest BCUT2D eigenvalue weighted by Gasteiger charge is 2.15. The summed E-state index contributed by atoms with van der Waals surface area (Å²) in [7, 11) is 0. The maximum absolute atomic E-state index is 2.36. The van der Waals surface area contributed by atoms with Crippen LogP contribution in [0.25, 0.3) is 4.91 Å². The van der Waals surface area contributed by atoms with Crippen LogP contribution < -0.4 is 0 Å². The lowest BCUT2D eigenvalue weighted by atomic mass is 10.3. The van der Waals surface area contributed by atoms with Gasteiger partial charge in [-0.15, -0.1) is 23.1 Å². The molecule has 1 aliphatic rings. The third kappa shape index (κ3) is 1.59. The van der Waals surface area contributed by atoms with E-state index in [0.29, 0.717) is 0 Å². The van der Waals surface area contributed by atoms with Gasteiger partial charge in [-0.25, -0.2) is 0 Å². The lowest BCUT2D eigenvalue weighted by molar-refractivity contribution is 1.00. The van der Waals surface area contributed by atoms with Crippen LogP contribution in [0.3, 0.4) is 0 Å². The van der Waals surface area contributed by atoms with Gasteiger partial charge in [-0.3, -0.25) is 0 Å². The molecule has 1 atom stereocenters. The second-order valence-electron chi connectivity index (χ2n) is 3.14. The van der Waals surface area contributed by atoms with E-state index in [9.17, 15) is 0 Å². The molecule has 0 saturated heterocycles. The topological polar surface area (TPSA) is 0 Å². The molecule has 0 aliphatic carbocycles. The number of hydrogen-bond acceptors (Lipinski definition) is 2. The van der Waals surface area contributed by atoms with Crippen LogP contribution in [0.4, 0.5) is 0 Å². The monoisotopic (exact) mass is 196 g/mol. The zero-order chi connectivity index (χ0) is 8.55. The fraction of sp³-hybridized carbons (Fsp3) is 0.400. The summed E-state index contributed by atoms with van der Waals surface area (Å²) in [6, 6.07) is 4.43. The van der Waals surface area contributed by atoms with Crippen molar-refractivity contribution in [2.75, 3.05) is 0 Å². The van der Waals surface area contributed by atoms with Gasteiger partial charge in [0.1, 0.15) is 0 Å². The molecule has 0 radical (unpaired) electrons. The van der Waals surface area contributed by atoms with Crippen LogP contribution in [0.2, 0.25) is 0 Å². The smallest absolute Gasteiger partial charge is 0.0405 e. The van der Waals surface area contributed by atoms with Crippen molar-refractivity contribution in [1.82, 2.24) is 0 Å². The van der Waals surface area contributed by atoms with Crippen molar-refractivity contribution in [3.8, 4) is 0 Å². The Morgan fingerprint density at radius 1 is 1.42 bits per heavy atom. The average Bonchev–Trinajstić information content (AvgIpc) is 2.58. The quantitative estimate of drug-likeness (QED) is 0.656. The Kier molecular flexibility index (Phi) is 2.28. The zero-order valence-electron chi connectivity index (χ0n) is 7.33. The van der Waals surface area contributed by atoms with E-state index in [1.807, 2.05) is 23.1 Å². The standard InChI is InChI=1S/C10H12S2/c1-7-3-5-9(11-7)10-6-4-8(2)12-10/h3,5-6,8H,4H2,1-2H3. The molecule has 12 heavy (non-hydrogen) atoms. The highest BCUT2D eigenvalue weighted by atomic mass is 32.2. The number of allylic oxidation sites excluding steroid dienone is 1. The molecule has 0 saturated carbocycles. The van der Waals surface area contributed by atoms with E-state index in [1.54, 1.807) is 0 Å². The van der Waals surface area contributed by atoms with Crippen molar-refractivity contribution in [3.05, 3.63) is 28.0 Å².